The highest BCUT2D eigenvalue weighted by molar-refractivity contribution is 7.13. The Kier molecular flexibility index (Phi) is 5.13. The Labute approximate surface area is 175 Å². The summed E-state index contributed by atoms with van der Waals surface area (Å²) in [6.45, 7) is 0. The van der Waals surface area contributed by atoms with E-state index in [-0.39, 0.29) is 5.56 Å². The van der Waals surface area contributed by atoms with Crippen molar-refractivity contribution < 1.29 is 9.90 Å². The highest BCUT2D eigenvalue weighted by Crippen LogP contribution is 2.34. The molecule has 2 heterocycles. The van der Waals surface area contributed by atoms with Crippen LogP contribution in [0.5, 0.6) is 0 Å². The third kappa shape index (κ3) is 3.64. The molecule has 0 aliphatic heterocycles. The molecule has 28 heavy (non-hydrogen) atoms. The minimum Gasteiger partial charge on any atom is -0.478 e. The van der Waals surface area contributed by atoms with E-state index in [0.717, 1.165) is 27.4 Å². The molecule has 4 rings (SSSR count). The highest BCUT2D eigenvalue weighted by Gasteiger charge is 2.15. The van der Waals surface area contributed by atoms with Crippen LogP contribution in [0.15, 0.2) is 66.3 Å². The van der Waals surface area contributed by atoms with Crippen molar-refractivity contribution >= 4 is 40.5 Å². The van der Waals surface area contributed by atoms with Gasteiger partial charge in [0.1, 0.15) is 5.01 Å². The van der Waals surface area contributed by atoms with E-state index in [1.165, 1.54) is 11.3 Å². The fourth-order valence-corrected chi connectivity index (χ4v) is 3.96. The number of nitrogens with zero attached hydrogens (tertiary/aromatic N) is 2. The van der Waals surface area contributed by atoms with E-state index in [9.17, 15) is 9.90 Å². The van der Waals surface area contributed by atoms with Gasteiger partial charge in [-0.25, -0.2) is 9.78 Å². The topological polar surface area (TPSA) is 63.1 Å². The first kappa shape index (κ1) is 18.6. The van der Waals surface area contributed by atoms with Gasteiger partial charge < -0.3 is 5.11 Å². The Hall–Kier alpha value is -2.73. The minimum absolute atomic E-state index is 0.218. The number of benzene rings is 2. The van der Waals surface area contributed by atoms with Gasteiger partial charge in [0.25, 0.3) is 0 Å². The second-order valence-corrected chi connectivity index (χ2v) is 7.64. The van der Waals surface area contributed by atoms with Crippen LogP contribution in [0, 0.1) is 0 Å². The van der Waals surface area contributed by atoms with Crippen LogP contribution in [0.3, 0.4) is 0 Å². The molecule has 0 saturated carbocycles. The van der Waals surface area contributed by atoms with E-state index in [1.54, 1.807) is 48.8 Å². The molecule has 0 spiro atoms. The zero-order chi connectivity index (χ0) is 19.7. The number of carboxylic acids is 1. The second kappa shape index (κ2) is 7.72. The Morgan fingerprint density at radius 1 is 0.893 bits per heavy atom. The van der Waals surface area contributed by atoms with Gasteiger partial charge in [0, 0.05) is 28.9 Å². The fraction of sp³-hybridized carbons (Fsp3) is 0. The van der Waals surface area contributed by atoms with Crippen molar-refractivity contribution in [3.63, 3.8) is 0 Å². The Morgan fingerprint density at radius 3 is 2.36 bits per heavy atom. The van der Waals surface area contributed by atoms with Gasteiger partial charge in [-0.15, -0.1) is 11.3 Å². The maximum absolute atomic E-state index is 11.8. The van der Waals surface area contributed by atoms with Gasteiger partial charge in [0.2, 0.25) is 0 Å². The van der Waals surface area contributed by atoms with Gasteiger partial charge in [-0.1, -0.05) is 41.4 Å². The summed E-state index contributed by atoms with van der Waals surface area (Å²) in [5.74, 6) is -0.991. The lowest BCUT2D eigenvalue weighted by Crippen LogP contribution is -2.00. The van der Waals surface area contributed by atoms with E-state index in [0.29, 0.717) is 15.6 Å². The first-order valence-corrected chi connectivity index (χ1v) is 9.85. The number of carbonyl (C=O) groups is 1. The number of thiazole rings is 1. The predicted molar refractivity (Wildman–Crippen MR) is 113 cm³/mol. The molecule has 0 unspecified atom stereocenters. The van der Waals surface area contributed by atoms with Crippen LogP contribution >= 0.6 is 34.5 Å². The summed E-state index contributed by atoms with van der Waals surface area (Å²) in [6.07, 6.45) is 3.28. The summed E-state index contributed by atoms with van der Waals surface area (Å²) in [4.78, 5) is 20.4. The quantitative estimate of drug-likeness (QED) is 0.402. The molecule has 0 bridgehead atoms. The van der Waals surface area contributed by atoms with Crippen molar-refractivity contribution in [1.82, 2.24) is 9.97 Å². The summed E-state index contributed by atoms with van der Waals surface area (Å²) < 4.78 is 0. The predicted octanol–water partition coefficient (Wildman–Crippen LogP) is 6.54. The first-order valence-electron chi connectivity index (χ1n) is 8.22. The van der Waals surface area contributed by atoms with Crippen molar-refractivity contribution in [3.05, 3.63) is 81.9 Å². The lowest BCUT2D eigenvalue weighted by molar-refractivity contribution is 0.0698. The van der Waals surface area contributed by atoms with Crippen LogP contribution in [0.4, 0.5) is 0 Å². The molecule has 1 N–H and O–H groups in total. The van der Waals surface area contributed by atoms with Crippen LogP contribution in [-0.4, -0.2) is 21.0 Å². The molecule has 138 valence electrons. The van der Waals surface area contributed by atoms with Gasteiger partial charge in [-0.05, 0) is 41.5 Å². The lowest BCUT2D eigenvalue weighted by Gasteiger charge is -2.08. The van der Waals surface area contributed by atoms with Gasteiger partial charge in [0.15, 0.2) is 0 Å². The van der Waals surface area contributed by atoms with E-state index in [4.69, 9.17) is 23.2 Å². The molecule has 2 aromatic heterocycles. The Balaban J connectivity index is 1.74. The van der Waals surface area contributed by atoms with Crippen LogP contribution in [0.2, 0.25) is 10.0 Å². The number of carboxylic acid groups (broad SMARTS) is 1. The van der Waals surface area contributed by atoms with Crippen molar-refractivity contribution in [2.75, 3.05) is 0 Å². The molecule has 0 atom stereocenters. The smallest absolute Gasteiger partial charge is 0.336 e. The fourth-order valence-electron chi connectivity index (χ4n) is 2.83. The molecule has 0 fully saturated rings. The van der Waals surface area contributed by atoms with Crippen LogP contribution in [-0.2, 0) is 0 Å². The summed E-state index contributed by atoms with van der Waals surface area (Å²) in [5.41, 5.74) is 4.01. The van der Waals surface area contributed by atoms with Gasteiger partial charge >= 0.3 is 5.97 Å². The lowest BCUT2D eigenvalue weighted by atomic mass is 9.98. The molecule has 4 nitrogen and oxygen atoms in total. The van der Waals surface area contributed by atoms with Gasteiger partial charge in [-0.2, -0.15) is 0 Å². The number of hydrogen-bond donors (Lipinski definition) is 1. The van der Waals surface area contributed by atoms with Crippen LogP contribution < -0.4 is 0 Å². The zero-order valence-corrected chi connectivity index (χ0v) is 16.6. The normalized spacial score (nSPS) is 10.8. The third-order valence-electron chi connectivity index (χ3n) is 4.21. The van der Waals surface area contributed by atoms with Crippen molar-refractivity contribution in [2.45, 2.75) is 0 Å². The summed E-state index contributed by atoms with van der Waals surface area (Å²) in [6, 6.07) is 14.2. The number of hydrogen-bond acceptors (Lipinski definition) is 4. The molecule has 4 aromatic rings. The Morgan fingerprint density at radius 2 is 1.64 bits per heavy atom. The van der Waals surface area contributed by atoms with E-state index < -0.39 is 5.97 Å². The third-order valence-corrected chi connectivity index (χ3v) is 5.84. The first-order chi connectivity index (χ1) is 13.5. The summed E-state index contributed by atoms with van der Waals surface area (Å²) in [5, 5.41) is 13.3. The molecular formula is C21H12Cl2N2O2S. The average molecular weight is 427 g/mol. The number of aromatic nitrogens is 2. The van der Waals surface area contributed by atoms with Gasteiger partial charge in [0.05, 0.1) is 21.3 Å². The average Bonchev–Trinajstić information content (AvgIpc) is 3.20. The van der Waals surface area contributed by atoms with E-state index in [2.05, 4.69) is 9.97 Å². The minimum atomic E-state index is -0.991. The molecular weight excluding hydrogens is 415 g/mol. The maximum Gasteiger partial charge on any atom is 0.336 e. The molecule has 7 heteroatoms. The standard InChI is InChI=1S/C21H12Cl2N2O2S/c22-17-4-2-13(10-18(17)23)19-11-28-20(25-19)14-1-3-15(16(9-14)21(26)27)12-5-7-24-8-6-12/h1-11H,(H,26,27). The highest BCUT2D eigenvalue weighted by atomic mass is 35.5. The van der Waals surface area contributed by atoms with Gasteiger partial charge in [-0.3, -0.25) is 4.98 Å². The van der Waals surface area contributed by atoms with Crippen molar-refractivity contribution in [2.24, 2.45) is 0 Å². The van der Waals surface area contributed by atoms with Crippen LogP contribution in [0.25, 0.3) is 33.0 Å². The number of pyridine rings is 1. The van der Waals surface area contributed by atoms with Crippen molar-refractivity contribution in [1.29, 1.82) is 0 Å². The number of aromatic carboxylic acids is 1. The second-order valence-electron chi connectivity index (χ2n) is 5.97. The number of rotatable bonds is 4. The molecule has 0 radical (unpaired) electrons. The van der Waals surface area contributed by atoms with Crippen LogP contribution in [0.1, 0.15) is 10.4 Å². The zero-order valence-electron chi connectivity index (χ0n) is 14.3. The SMILES string of the molecule is O=C(O)c1cc(-c2nc(-c3ccc(Cl)c(Cl)c3)cs2)ccc1-c1ccncc1. The van der Waals surface area contributed by atoms with E-state index >= 15 is 0 Å². The molecule has 0 saturated heterocycles. The largest absolute Gasteiger partial charge is 0.478 e. The number of halogens is 2. The maximum atomic E-state index is 11.8. The molecule has 0 aliphatic carbocycles. The molecule has 2 aromatic carbocycles. The monoisotopic (exact) mass is 426 g/mol. The molecule has 0 amide bonds. The summed E-state index contributed by atoms with van der Waals surface area (Å²) in [7, 11) is 0. The summed E-state index contributed by atoms with van der Waals surface area (Å²) >= 11 is 13.5. The van der Waals surface area contributed by atoms with Crippen molar-refractivity contribution in [3.8, 4) is 33.0 Å². The Bertz CT molecular complexity index is 1180. The van der Waals surface area contributed by atoms with E-state index in [1.807, 2.05) is 17.5 Å². The molecule has 0 aliphatic rings.